The van der Waals surface area contributed by atoms with E-state index in [1.165, 1.54) is 0 Å². The lowest BCUT2D eigenvalue weighted by molar-refractivity contribution is -0.0228. The lowest BCUT2D eigenvalue weighted by Crippen LogP contribution is -2.24. The molecule has 2 fully saturated rings. The van der Waals surface area contributed by atoms with E-state index in [4.69, 9.17) is 14.2 Å². The summed E-state index contributed by atoms with van der Waals surface area (Å²) in [7, 11) is 0. The molecule has 2 aliphatic rings. The minimum absolute atomic E-state index is 0.226. The van der Waals surface area contributed by atoms with E-state index in [1.807, 2.05) is 12.2 Å². The molecule has 0 aromatic carbocycles. The van der Waals surface area contributed by atoms with Crippen molar-refractivity contribution in [3.8, 4) is 0 Å². The average molecular weight is 238 g/mol. The van der Waals surface area contributed by atoms with Gasteiger partial charge in [0, 0.05) is 12.8 Å². The normalized spacial score (nSPS) is 29.4. The van der Waals surface area contributed by atoms with Crippen LogP contribution in [0, 0.1) is 0 Å². The molecule has 4 unspecified atom stereocenters. The first kappa shape index (κ1) is 12.8. The fourth-order valence-corrected chi connectivity index (χ4v) is 2.05. The number of hydrogen-bond donors (Lipinski definition) is 0. The minimum Gasteiger partial charge on any atom is -0.374 e. The van der Waals surface area contributed by atoms with Gasteiger partial charge in [0.05, 0.1) is 37.6 Å². The van der Waals surface area contributed by atoms with Gasteiger partial charge in [0.25, 0.3) is 0 Å². The van der Waals surface area contributed by atoms with Gasteiger partial charge < -0.3 is 14.2 Å². The molecule has 0 N–H and O–H groups in total. The van der Waals surface area contributed by atoms with E-state index in [1.54, 1.807) is 0 Å². The second-order valence-corrected chi connectivity index (χ2v) is 4.81. The van der Waals surface area contributed by atoms with Gasteiger partial charge in [-0.2, -0.15) is 0 Å². The van der Waals surface area contributed by atoms with Gasteiger partial charge in [-0.15, -0.1) is 13.2 Å². The topological polar surface area (TPSA) is 34.3 Å². The number of ether oxygens (including phenoxy) is 3. The first-order valence-corrected chi connectivity index (χ1v) is 6.42. The molecule has 2 saturated heterocycles. The maximum atomic E-state index is 6.13. The first-order valence-electron chi connectivity index (χ1n) is 6.42. The molecule has 0 spiro atoms. The van der Waals surface area contributed by atoms with E-state index in [2.05, 4.69) is 13.2 Å². The second kappa shape index (κ2) is 6.34. The summed E-state index contributed by atoms with van der Waals surface area (Å²) in [5, 5.41) is 0. The fourth-order valence-electron chi connectivity index (χ4n) is 2.05. The molecule has 2 rings (SSSR count). The smallest absolute Gasteiger partial charge is 0.0834 e. The number of hydrogen-bond acceptors (Lipinski definition) is 3. The summed E-state index contributed by atoms with van der Waals surface area (Å²) in [4.78, 5) is 0. The molecule has 96 valence electrons. The Hall–Kier alpha value is -0.640. The van der Waals surface area contributed by atoms with Crippen LogP contribution in [0.25, 0.3) is 0 Å². The summed E-state index contributed by atoms with van der Waals surface area (Å²) < 4.78 is 16.7. The summed E-state index contributed by atoms with van der Waals surface area (Å²) >= 11 is 0. The summed E-state index contributed by atoms with van der Waals surface area (Å²) in [6.45, 7) is 9.35. The van der Waals surface area contributed by atoms with Gasteiger partial charge in [0.15, 0.2) is 0 Å². The van der Waals surface area contributed by atoms with Crippen LogP contribution < -0.4 is 0 Å². The highest BCUT2D eigenvalue weighted by Gasteiger charge is 2.31. The van der Waals surface area contributed by atoms with Crippen molar-refractivity contribution in [2.75, 3.05) is 13.2 Å². The second-order valence-electron chi connectivity index (χ2n) is 4.81. The molecule has 3 heteroatoms. The first-order chi connectivity index (χ1) is 8.31. The number of rotatable bonds is 10. The monoisotopic (exact) mass is 238 g/mol. The molecule has 3 nitrogen and oxygen atoms in total. The highest BCUT2D eigenvalue weighted by molar-refractivity contribution is 4.85. The fraction of sp³-hybridized carbons (Fsp3) is 0.714. The van der Waals surface area contributed by atoms with Gasteiger partial charge in [0.2, 0.25) is 0 Å². The van der Waals surface area contributed by atoms with Crippen LogP contribution in [0.2, 0.25) is 0 Å². The van der Waals surface area contributed by atoms with Crippen molar-refractivity contribution in [2.24, 2.45) is 0 Å². The van der Waals surface area contributed by atoms with E-state index < -0.39 is 0 Å². The van der Waals surface area contributed by atoms with Crippen molar-refractivity contribution >= 4 is 0 Å². The van der Waals surface area contributed by atoms with E-state index in [0.29, 0.717) is 12.2 Å². The molecule has 0 aliphatic carbocycles. The Labute approximate surface area is 103 Å². The van der Waals surface area contributed by atoms with E-state index in [-0.39, 0.29) is 12.2 Å². The summed E-state index contributed by atoms with van der Waals surface area (Å²) in [5.41, 5.74) is 0. The Balaban J connectivity index is 1.77. The Morgan fingerprint density at radius 2 is 1.41 bits per heavy atom. The van der Waals surface area contributed by atoms with E-state index in [9.17, 15) is 0 Å². The molecule has 2 heterocycles. The minimum atomic E-state index is 0.226. The zero-order valence-electron chi connectivity index (χ0n) is 10.3. The Morgan fingerprint density at radius 3 is 1.71 bits per heavy atom. The van der Waals surface area contributed by atoms with Gasteiger partial charge in [-0.1, -0.05) is 12.2 Å². The van der Waals surface area contributed by atoms with Gasteiger partial charge in [-0.25, -0.2) is 0 Å². The molecule has 17 heavy (non-hydrogen) atoms. The predicted octanol–water partition coefficient (Wildman–Crippen LogP) is 2.47. The van der Waals surface area contributed by atoms with Crippen molar-refractivity contribution in [3.63, 3.8) is 0 Å². The van der Waals surface area contributed by atoms with Gasteiger partial charge >= 0.3 is 0 Å². The SMILES string of the molecule is C=CCC(CC1CO1)OC(CC=C)CC1CO1. The van der Waals surface area contributed by atoms with Crippen LogP contribution in [-0.2, 0) is 14.2 Å². The van der Waals surface area contributed by atoms with Gasteiger partial charge in [-0.05, 0) is 12.8 Å². The molecular weight excluding hydrogens is 216 g/mol. The van der Waals surface area contributed by atoms with Crippen LogP contribution in [0.5, 0.6) is 0 Å². The van der Waals surface area contributed by atoms with E-state index >= 15 is 0 Å². The van der Waals surface area contributed by atoms with Gasteiger partial charge in [-0.3, -0.25) is 0 Å². The lowest BCUT2D eigenvalue weighted by Gasteiger charge is -2.22. The maximum absolute atomic E-state index is 6.13. The van der Waals surface area contributed by atoms with Crippen molar-refractivity contribution in [3.05, 3.63) is 25.3 Å². The zero-order valence-corrected chi connectivity index (χ0v) is 10.3. The molecule has 2 aliphatic heterocycles. The molecule has 4 atom stereocenters. The summed E-state index contributed by atoms with van der Waals surface area (Å²) in [5.74, 6) is 0. The molecule has 0 saturated carbocycles. The Kier molecular flexibility index (Phi) is 4.77. The Bertz CT molecular complexity index is 230. The molecule has 0 aromatic heterocycles. The van der Waals surface area contributed by atoms with Crippen LogP contribution in [0.4, 0.5) is 0 Å². The third-order valence-electron chi connectivity index (χ3n) is 3.10. The largest absolute Gasteiger partial charge is 0.374 e. The number of epoxide rings is 2. The third-order valence-corrected chi connectivity index (χ3v) is 3.10. The highest BCUT2D eigenvalue weighted by atomic mass is 16.6. The predicted molar refractivity (Wildman–Crippen MR) is 67.0 cm³/mol. The van der Waals surface area contributed by atoms with Crippen molar-refractivity contribution in [2.45, 2.75) is 50.1 Å². The van der Waals surface area contributed by atoms with Gasteiger partial charge in [0.1, 0.15) is 0 Å². The van der Waals surface area contributed by atoms with Crippen LogP contribution in [0.1, 0.15) is 25.7 Å². The average Bonchev–Trinajstić information content (AvgIpc) is 3.13. The maximum Gasteiger partial charge on any atom is 0.0834 e. The summed E-state index contributed by atoms with van der Waals surface area (Å²) in [6, 6.07) is 0. The zero-order chi connectivity index (χ0) is 12.1. The lowest BCUT2D eigenvalue weighted by atomic mass is 10.1. The highest BCUT2D eigenvalue weighted by Crippen LogP contribution is 2.25. The molecular formula is C14H22O3. The quantitative estimate of drug-likeness (QED) is 0.433. The molecule has 0 aromatic rings. The van der Waals surface area contributed by atoms with Crippen molar-refractivity contribution in [1.29, 1.82) is 0 Å². The summed E-state index contributed by atoms with van der Waals surface area (Å²) in [6.07, 6.45) is 8.83. The van der Waals surface area contributed by atoms with Crippen LogP contribution >= 0.6 is 0 Å². The van der Waals surface area contributed by atoms with Crippen molar-refractivity contribution < 1.29 is 14.2 Å². The van der Waals surface area contributed by atoms with E-state index in [0.717, 1.165) is 38.9 Å². The van der Waals surface area contributed by atoms with Crippen LogP contribution in [0.3, 0.4) is 0 Å². The molecule has 0 radical (unpaired) electrons. The Morgan fingerprint density at radius 1 is 1.00 bits per heavy atom. The molecule has 0 amide bonds. The van der Waals surface area contributed by atoms with Crippen LogP contribution in [0.15, 0.2) is 25.3 Å². The standard InChI is InChI=1S/C14H22O3/c1-3-5-11(7-13-9-15-13)17-12(6-4-2)8-14-10-16-14/h3-4,11-14H,1-2,5-10H2. The van der Waals surface area contributed by atoms with Crippen LogP contribution in [-0.4, -0.2) is 37.6 Å². The molecule has 0 bridgehead atoms. The van der Waals surface area contributed by atoms with Crippen molar-refractivity contribution in [1.82, 2.24) is 0 Å². The third kappa shape index (κ3) is 5.02.